The van der Waals surface area contributed by atoms with Gasteiger partial charge in [-0.25, -0.2) is 4.79 Å². The summed E-state index contributed by atoms with van der Waals surface area (Å²) in [6.45, 7) is 17.4. The van der Waals surface area contributed by atoms with Crippen LogP contribution in [0.2, 0.25) is 0 Å². The van der Waals surface area contributed by atoms with E-state index in [0.29, 0.717) is 38.0 Å². The first-order chi connectivity index (χ1) is 33.9. The highest BCUT2D eigenvalue weighted by atomic mass is 16.6. The average Bonchev–Trinajstić information content (AvgIpc) is 3.70. The third-order valence-electron chi connectivity index (χ3n) is 18.8. The molecule has 0 aromatic heterocycles. The van der Waals surface area contributed by atoms with Crippen molar-refractivity contribution in [1.82, 2.24) is 15.5 Å². The van der Waals surface area contributed by atoms with E-state index in [-0.39, 0.29) is 36.0 Å². The fourth-order valence-corrected chi connectivity index (χ4v) is 14.4. The second-order valence-electron chi connectivity index (χ2n) is 24.7. The molecule has 4 aliphatic rings. The largest absolute Gasteiger partial charge is 0.446 e. The molecule has 0 heterocycles. The Morgan fingerprint density at radius 1 is 0.657 bits per heavy atom. The van der Waals surface area contributed by atoms with Crippen molar-refractivity contribution >= 4 is 17.9 Å². The lowest BCUT2D eigenvalue weighted by Gasteiger charge is -2.58. The van der Waals surface area contributed by atoms with Crippen molar-refractivity contribution in [2.24, 2.45) is 52.1 Å². The Bertz CT molecular complexity index is 1470. The van der Waals surface area contributed by atoms with Gasteiger partial charge in [0.25, 0.3) is 0 Å². The van der Waals surface area contributed by atoms with Crippen LogP contribution >= 0.6 is 0 Å². The summed E-state index contributed by atoms with van der Waals surface area (Å²) in [5.74, 6) is 4.90. The minimum atomic E-state index is -0.342. The number of hydrogen-bond donors (Lipinski definition) is 3. The number of carbonyl (C=O) groups excluding carboxylic acids is 3. The Kier molecular flexibility index (Phi) is 29.7. The molecule has 0 aliphatic heterocycles. The van der Waals surface area contributed by atoms with Gasteiger partial charge < -0.3 is 21.1 Å². The van der Waals surface area contributed by atoms with E-state index in [2.05, 4.69) is 58.3 Å². The van der Waals surface area contributed by atoms with Crippen molar-refractivity contribution in [3.05, 3.63) is 11.6 Å². The highest BCUT2D eigenvalue weighted by molar-refractivity contribution is 5.82. The number of nitrogens with two attached hydrogens (primary N) is 1. The Balaban J connectivity index is 1.12. The number of nitrogens with zero attached hydrogens (tertiary/aromatic N) is 1. The number of unbranched alkanes of at least 4 members (excludes halogenated alkanes) is 22. The van der Waals surface area contributed by atoms with Crippen LogP contribution in [0.4, 0.5) is 4.79 Å². The summed E-state index contributed by atoms with van der Waals surface area (Å²) in [4.78, 5) is 41.3. The van der Waals surface area contributed by atoms with Crippen LogP contribution < -0.4 is 16.4 Å². The van der Waals surface area contributed by atoms with Crippen molar-refractivity contribution < 1.29 is 19.1 Å². The molecular weight excluding hydrogens is 865 g/mol. The number of ether oxygens (including phenoxy) is 1. The van der Waals surface area contributed by atoms with Crippen LogP contribution in [0.1, 0.15) is 279 Å². The zero-order chi connectivity index (χ0) is 50.5. The maximum absolute atomic E-state index is 14.0. The molecule has 0 radical (unpaired) electrons. The lowest BCUT2D eigenvalue weighted by molar-refractivity contribution is -0.122. The fraction of sp³-hybridized carbons (Fsp3) is 0.919. The molecule has 0 saturated heterocycles. The van der Waals surface area contributed by atoms with Gasteiger partial charge in [-0.2, -0.15) is 0 Å². The molecule has 0 unspecified atom stereocenters. The molecule has 4 aliphatic carbocycles. The van der Waals surface area contributed by atoms with Gasteiger partial charge in [0.1, 0.15) is 12.6 Å². The van der Waals surface area contributed by atoms with Crippen LogP contribution in [-0.2, 0) is 14.3 Å². The molecule has 3 amide bonds. The van der Waals surface area contributed by atoms with Gasteiger partial charge >= 0.3 is 6.09 Å². The highest BCUT2D eigenvalue weighted by Gasteiger charge is 2.59. The highest BCUT2D eigenvalue weighted by Crippen LogP contribution is 2.67. The topological polar surface area (TPSA) is 114 Å². The zero-order valence-electron chi connectivity index (χ0n) is 47.0. The number of fused-ring (bicyclic) bond motifs is 5. The van der Waals surface area contributed by atoms with Gasteiger partial charge in [0.15, 0.2) is 0 Å². The van der Waals surface area contributed by atoms with Crippen LogP contribution in [0.5, 0.6) is 0 Å². The van der Waals surface area contributed by atoms with Crippen molar-refractivity contribution in [3.63, 3.8) is 0 Å². The molecule has 70 heavy (non-hydrogen) atoms. The quantitative estimate of drug-likeness (QED) is 0.0419. The number of allylic oxidation sites excluding steroid dienone is 1. The summed E-state index contributed by atoms with van der Waals surface area (Å²) in [7, 11) is 0. The van der Waals surface area contributed by atoms with Crippen LogP contribution in [0.3, 0.4) is 0 Å². The monoisotopic (exact) mass is 979 g/mol. The van der Waals surface area contributed by atoms with Gasteiger partial charge in [-0.3, -0.25) is 14.5 Å². The number of rotatable bonds is 39. The second kappa shape index (κ2) is 34.4. The lowest BCUT2D eigenvalue weighted by atomic mass is 9.47. The van der Waals surface area contributed by atoms with Crippen LogP contribution in [0, 0.1) is 46.3 Å². The van der Waals surface area contributed by atoms with Crippen LogP contribution in [-0.4, -0.2) is 61.6 Å². The number of hydrogen-bond acceptors (Lipinski definition) is 5. The molecule has 4 rings (SSSR count). The number of amides is 3. The maximum atomic E-state index is 14.0. The van der Waals surface area contributed by atoms with Crippen molar-refractivity contribution in [1.29, 1.82) is 0 Å². The SMILES string of the molecule is CCCCCCCCCCCCCCCCCCCC(=O)NCCCCCCN(CC(=O)NCCCCCCN)C(=O)O[C@H]1CC[C@@]2(C)C(=CC[C@H]3[C@@H]4CC[C@H]([C@H](C)CCCC(C)C)[C@@]4(C)CC[C@@H]32)C1. The summed E-state index contributed by atoms with van der Waals surface area (Å²) in [5.41, 5.74) is 7.87. The Morgan fingerprint density at radius 3 is 1.84 bits per heavy atom. The minimum Gasteiger partial charge on any atom is -0.446 e. The normalized spacial score (nSPS) is 25.4. The standard InChI is InChI=1S/C62H114N4O4/c1-7-8-9-10-11-12-13-14-15-16-17-18-19-20-21-22-27-35-58(67)64-45-30-25-26-31-47-66(49-59(68)65-46-29-24-23-28-44-63)60(69)70-53-40-42-61(5)52(48-53)36-37-54-56-39-38-55(51(4)34-32-33-50(2)3)62(56,6)43-41-57(54)61/h36,50-51,53-57H,7-35,37-49,63H2,1-6H3,(H,64,67)(H,65,68)/t51-,53+,54+,55-,56+,57+,61+,62-/m1/s1. The Labute approximate surface area is 432 Å². The summed E-state index contributed by atoms with van der Waals surface area (Å²) >= 11 is 0. The smallest absolute Gasteiger partial charge is 0.410 e. The van der Waals surface area contributed by atoms with Gasteiger partial charge in [-0.1, -0.05) is 201 Å². The Hall–Kier alpha value is -2.09. The molecule has 8 nitrogen and oxygen atoms in total. The van der Waals surface area contributed by atoms with E-state index in [1.807, 2.05) is 0 Å². The van der Waals surface area contributed by atoms with Gasteiger partial charge in [0.2, 0.25) is 11.8 Å². The molecule has 0 aromatic rings. The summed E-state index contributed by atoms with van der Waals surface area (Å²) in [6.07, 6.45) is 47.0. The van der Waals surface area contributed by atoms with E-state index in [0.717, 1.165) is 119 Å². The molecule has 406 valence electrons. The molecule has 8 atom stereocenters. The van der Waals surface area contributed by atoms with E-state index in [1.165, 1.54) is 153 Å². The Morgan fingerprint density at radius 2 is 1.23 bits per heavy atom. The van der Waals surface area contributed by atoms with E-state index in [1.54, 1.807) is 4.90 Å². The summed E-state index contributed by atoms with van der Waals surface area (Å²) in [6, 6.07) is 0. The van der Waals surface area contributed by atoms with E-state index >= 15 is 0 Å². The zero-order valence-corrected chi connectivity index (χ0v) is 47.0. The molecule has 0 aromatic carbocycles. The second-order valence-corrected chi connectivity index (χ2v) is 24.7. The molecule has 0 bridgehead atoms. The van der Waals surface area contributed by atoms with E-state index in [9.17, 15) is 14.4 Å². The first-order valence-corrected chi connectivity index (χ1v) is 30.8. The summed E-state index contributed by atoms with van der Waals surface area (Å²) in [5, 5.41) is 6.20. The van der Waals surface area contributed by atoms with Crippen molar-refractivity contribution in [2.45, 2.75) is 285 Å². The van der Waals surface area contributed by atoms with Gasteiger partial charge in [-0.15, -0.1) is 0 Å². The molecule has 4 N–H and O–H groups in total. The first kappa shape index (κ1) is 60.5. The predicted octanol–water partition coefficient (Wildman–Crippen LogP) is 16.2. The van der Waals surface area contributed by atoms with Crippen LogP contribution in [0.15, 0.2) is 11.6 Å². The van der Waals surface area contributed by atoms with Crippen molar-refractivity contribution in [3.8, 4) is 0 Å². The predicted molar refractivity (Wildman–Crippen MR) is 296 cm³/mol. The van der Waals surface area contributed by atoms with Gasteiger partial charge in [0, 0.05) is 32.5 Å². The van der Waals surface area contributed by atoms with E-state index in [4.69, 9.17) is 10.5 Å². The molecule has 8 heteroatoms. The van der Waals surface area contributed by atoms with Gasteiger partial charge in [-0.05, 0) is 130 Å². The molecule has 3 fully saturated rings. The third-order valence-corrected chi connectivity index (χ3v) is 18.8. The van der Waals surface area contributed by atoms with Crippen LogP contribution in [0.25, 0.3) is 0 Å². The first-order valence-electron chi connectivity index (χ1n) is 30.8. The molecular formula is C62H114N4O4. The lowest BCUT2D eigenvalue weighted by Crippen LogP contribution is -2.51. The van der Waals surface area contributed by atoms with Crippen molar-refractivity contribution in [2.75, 3.05) is 32.7 Å². The maximum Gasteiger partial charge on any atom is 0.410 e. The average molecular weight is 980 g/mol. The molecule has 3 saturated carbocycles. The number of nitrogens with one attached hydrogen (secondary N) is 2. The van der Waals surface area contributed by atoms with E-state index < -0.39 is 0 Å². The van der Waals surface area contributed by atoms with Gasteiger partial charge in [0.05, 0.1) is 0 Å². The molecule has 0 spiro atoms. The third kappa shape index (κ3) is 21.0. The minimum absolute atomic E-state index is 0.0332. The fourth-order valence-electron chi connectivity index (χ4n) is 14.4. The number of carbonyl (C=O) groups is 3. The summed E-state index contributed by atoms with van der Waals surface area (Å²) < 4.78 is 6.35.